The summed E-state index contributed by atoms with van der Waals surface area (Å²) in [5.74, 6) is 0.289. The minimum absolute atomic E-state index is 0.00634. The number of likely N-dealkylation sites (N-methyl/N-ethyl adjacent to an activating group) is 1. The Labute approximate surface area is 111 Å². The number of hydrogen-bond acceptors (Lipinski definition) is 5. The van der Waals surface area contributed by atoms with E-state index in [4.69, 9.17) is 10.00 Å². The number of ether oxygens (including phenoxy) is 1. The molecule has 19 heavy (non-hydrogen) atoms. The molecule has 0 saturated carbocycles. The van der Waals surface area contributed by atoms with Crippen molar-refractivity contribution >= 4 is 5.69 Å². The monoisotopic (exact) mass is 261 g/mol. The molecule has 1 aromatic carbocycles. The van der Waals surface area contributed by atoms with Crippen LogP contribution in [0.4, 0.5) is 5.69 Å². The zero-order chi connectivity index (χ0) is 13.8. The maximum atomic E-state index is 10.8. The van der Waals surface area contributed by atoms with Crippen LogP contribution in [0.25, 0.3) is 0 Å². The second-order valence-electron chi connectivity index (χ2n) is 4.61. The van der Waals surface area contributed by atoms with Gasteiger partial charge in [-0.3, -0.25) is 10.1 Å². The molecule has 0 spiro atoms. The summed E-state index contributed by atoms with van der Waals surface area (Å²) in [6.45, 7) is 1.49. The second-order valence-corrected chi connectivity index (χ2v) is 4.61. The van der Waals surface area contributed by atoms with E-state index in [0.29, 0.717) is 12.6 Å². The molecule has 0 aliphatic carbocycles. The summed E-state index contributed by atoms with van der Waals surface area (Å²) in [6.07, 6.45) is 2.18. The average Bonchev–Trinajstić information content (AvgIpc) is 2.81. The first-order valence-electron chi connectivity index (χ1n) is 6.14. The van der Waals surface area contributed by atoms with Crippen molar-refractivity contribution in [3.8, 4) is 11.8 Å². The van der Waals surface area contributed by atoms with Gasteiger partial charge in [0.15, 0.2) is 5.56 Å². The Balaban J connectivity index is 2.14. The fraction of sp³-hybridized carbons (Fsp3) is 0.462. The lowest BCUT2D eigenvalue weighted by Gasteiger charge is -2.19. The molecule has 1 fully saturated rings. The summed E-state index contributed by atoms with van der Waals surface area (Å²) in [5.41, 5.74) is -0.215. The summed E-state index contributed by atoms with van der Waals surface area (Å²) in [4.78, 5) is 12.5. The van der Waals surface area contributed by atoms with Crippen LogP contribution in [0, 0.1) is 21.4 Å². The van der Waals surface area contributed by atoms with Crippen molar-refractivity contribution in [1.82, 2.24) is 4.90 Å². The molecule has 0 bridgehead atoms. The van der Waals surface area contributed by atoms with E-state index in [-0.39, 0.29) is 17.0 Å². The van der Waals surface area contributed by atoms with Crippen molar-refractivity contribution in [1.29, 1.82) is 5.26 Å². The fourth-order valence-corrected chi connectivity index (χ4v) is 2.28. The van der Waals surface area contributed by atoms with Gasteiger partial charge >= 0.3 is 0 Å². The molecule has 1 aliphatic heterocycles. The van der Waals surface area contributed by atoms with E-state index in [1.807, 2.05) is 13.1 Å². The van der Waals surface area contributed by atoms with Crippen LogP contribution < -0.4 is 4.74 Å². The van der Waals surface area contributed by atoms with E-state index in [0.717, 1.165) is 19.4 Å². The Morgan fingerprint density at radius 1 is 1.63 bits per heavy atom. The lowest BCUT2D eigenvalue weighted by molar-refractivity contribution is -0.385. The molecule has 0 N–H and O–H groups in total. The second kappa shape index (κ2) is 5.67. The summed E-state index contributed by atoms with van der Waals surface area (Å²) < 4.78 is 5.60. The summed E-state index contributed by atoms with van der Waals surface area (Å²) in [7, 11) is 2.03. The lowest BCUT2D eigenvalue weighted by Crippen LogP contribution is -2.30. The minimum Gasteiger partial charge on any atom is -0.490 e. The molecule has 0 aromatic heterocycles. The van der Waals surface area contributed by atoms with E-state index in [1.165, 1.54) is 12.1 Å². The summed E-state index contributed by atoms with van der Waals surface area (Å²) >= 11 is 0. The molecule has 100 valence electrons. The Morgan fingerprint density at radius 3 is 3.00 bits per heavy atom. The third kappa shape index (κ3) is 2.83. The van der Waals surface area contributed by atoms with Gasteiger partial charge in [0, 0.05) is 12.1 Å². The molecule has 1 atom stereocenters. The Kier molecular flexibility index (Phi) is 3.97. The number of nitro benzene ring substituents is 1. The first kappa shape index (κ1) is 13.3. The molecule has 1 aliphatic rings. The van der Waals surface area contributed by atoms with Gasteiger partial charge in [-0.05, 0) is 32.5 Å². The van der Waals surface area contributed by atoms with Crippen LogP contribution in [0.15, 0.2) is 18.2 Å². The van der Waals surface area contributed by atoms with Crippen molar-refractivity contribution in [2.24, 2.45) is 0 Å². The standard InChI is InChI=1S/C13H15N3O3/c1-15-7-3-4-10(15)9-19-13-6-2-5-12(16(17)18)11(13)8-14/h2,5-6,10H,3-4,7,9H2,1H3. The number of likely N-dealkylation sites (tertiary alicyclic amines) is 1. The predicted octanol–water partition coefficient (Wildman–Crippen LogP) is 1.94. The highest BCUT2D eigenvalue weighted by Gasteiger charge is 2.23. The van der Waals surface area contributed by atoms with Gasteiger partial charge in [0.05, 0.1) is 4.92 Å². The molecule has 2 rings (SSSR count). The largest absolute Gasteiger partial charge is 0.490 e. The molecule has 1 saturated heterocycles. The Morgan fingerprint density at radius 2 is 2.42 bits per heavy atom. The van der Waals surface area contributed by atoms with Gasteiger partial charge in [0.2, 0.25) is 0 Å². The molecular weight excluding hydrogens is 246 g/mol. The highest BCUT2D eigenvalue weighted by Crippen LogP contribution is 2.28. The van der Waals surface area contributed by atoms with Crippen LogP contribution in [0.3, 0.4) is 0 Å². The number of benzene rings is 1. The minimum atomic E-state index is -0.562. The van der Waals surface area contributed by atoms with Gasteiger partial charge < -0.3 is 9.64 Å². The third-order valence-electron chi connectivity index (χ3n) is 3.42. The van der Waals surface area contributed by atoms with Gasteiger partial charge in [0.1, 0.15) is 18.4 Å². The van der Waals surface area contributed by atoms with Crippen LogP contribution in [0.2, 0.25) is 0 Å². The van der Waals surface area contributed by atoms with Crippen LogP contribution in [-0.2, 0) is 0 Å². The SMILES string of the molecule is CN1CCCC1COc1cccc([N+](=O)[O-])c1C#N. The van der Waals surface area contributed by atoms with Gasteiger partial charge in [-0.2, -0.15) is 5.26 Å². The first-order chi connectivity index (χ1) is 9.13. The maximum Gasteiger partial charge on any atom is 0.290 e. The Bertz CT molecular complexity index is 524. The predicted molar refractivity (Wildman–Crippen MR) is 69.0 cm³/mol. The van der Waals surface area contributed by atoms with Crippen LogP contribution in [-0.4, -0.2) is 36.1 Å². The molecule has 1 aromatic rings. The number of nitro groups is 1. The zero-order valence-corrected chi connectivity index (χ0v) is 10.7. The van der Waals surface area contributed by atoms with Gasteiger partial charge in [-0.1, -0.05) is 6.07 Å². The van der Waals surface area contributed by atoms with Crippen molar-refractivity contribution < 1.29 is 9.66 Å². The van der Waals surface area contributed by atoms with Crippen molar-refractivity contribution in [2.75, 3.05) is 20.2 Å². The molecule has 1 heterocycles. The van der Waals surface area contributed by atoms with E-state index in [2.05, 4.69) is 4.90 Å². The number of rotatable bonds is 4. The molecule has 6 nitrogen and oxygen atoms in total. The Hall–Kier alpha value is -2.13. The topological polar surface area (TPSA) is 79.4 Å². The first-order valence-corrected chi connectivity index (χ1v) is 6.14. The summed E-state index contributed by atoms with van der Waals surface area (Å²) in [6, 6.07) is 6.61. The zero-order valence-electron chi connectivity index (χ0n) is 10.7. The van der Waals surface area contributed by atoms with Crippen LogP contribution in [0.1, 0.15) is 18.4 Å². The molecular formula is C13H15N3O3. The van der Waals surface area contributed by atoms with Gasteiger partial charge in [0.25, 0.3) is 5.69 Å². The highest BCUT2D eigenvalue weighted by molar-refractivity contribution is 5.56. The van der Waals surface area contributed by atoms with Gasteiger partial charge in [-0.15, -0.1) is 0 Å². The number of nitrogens with zero attached hydrogens (tertiary/aromatic N) is 3. The van der Waals surface area contributed by atoms with Crippen LogP contribution >= 0.6 is 0 Å². The van der Waals surface area contributed by atoms with Crippen molar-refractivity contribution in [3.05, 3.63) is 33.9 Å². The van der Waals surface area contributed by atoms with Crippen LogP contribution in [0.5, 0.6) is 5.75 Å². The molecule has 6 heteroatoms. The van der Waals surface area contributed by atoms with Gasteiger partial charge in [-0.25, -0.2) is 0 Å². The van der Waals surface area contributed by atoms with E-state index >= 15 is 0 Å². The van der Waals surface area contributed by atoms with Crippen molar-refractivity contribution in [3.63, 3.8) is 0 Å². The normalized spacial score (nSPS) is 19.1. The smallest absolute Gasteiger partial charge is 0.290 e. The highest BCUT2D eigenvalue weighted by atomic mass is 16.6. The van der Waals surface area contributed by atoms with Crippen molar-refractivity contribution in [2.45, 2.75) is 18.9 Å². The summed E-state index contributed by atoms with van der Waals surface area (Å²) in [5, 5.41) is 19.9. The number of nitriles is 1. The van der Waals surface area contributed by atoms with E-state index < -0.39 is 4.92 Å². The lowest BCUT2D eigenvalue weighted by atomic mass is 10.1. The van der Waals surface area contributed by atoms with E-state index in [9.17, 15) is 10.1 Å². The molecule has 0 amide bonds. The third-order valence-corrected chi connectivity index (χ3v) is 3.42. The fourth-order valence-electron chi connectivity index (χ4n) is 2.28. The number of hydrogen-bond donors (Lipinski definition) is 0. The molecule has 1 unspecified atom stereocenters. The quantitative estimate of drug-likeness (QED) is 0.611. The average molecular weight is 261 g/mol. The molecule has 0 radical (unpaired) electrons. The van der Waals surface area contributed by atoms with E-state index in [1.54, 1.807) is 6.07 Å². The maximum absolute atomic E-state index is 10.8.